The number of nitrogens with two attached hydrogens (primary N) is 1. The van der Waals surface area contributed by atoms with Crippen LogP contribution in [0.1, 0.15) is 40.0 Å². The number of hydrogen-bond acceptors (Lipinski definition) is 4. The monoisotopic (exact) mass is 271 g/mol. The number of amides is 1. The molecular weight excluding hydrogens is 242 g/mol. The standard InChI is InChI=1S/C14H29N3O2/c1-4-14(3,11-15)17(5-2)10-13(18)16-12-6-8-19-9-7-12/h12H,4-11,15H2,1-3H3,(H,16,18). The molecule has 0 bridgehead atoms. The van der Waals surface area contributed by atoms with E-state index in [1.807, 2.05) is 0 Å². The van der Waals surface area contributed by atoms with Crippen LogP contribution in [-0.4, -0.2) is 55.2 Å². The Kier molecular flexibility index (Phi) is 6.75. The highest BCUT2D eigenvalue weighted by Gasteiger charge is 2.29. The normalized spacial score (nSPS) is 20.3. The van der Waals surface area contributed by atoms with Crippen LogP contribution in [0.25, 0.3) is 0 Å². The molecule has 19 heavy (non-hydrogen) atoms. The minimum Gasteiger partial charge on any atom is -0.381 e. The molecule has 1 aliphatic heterocycles. The molecule has 0 aromatic carbocycles. The van der Waals surface area contributed by atoms with Crippen LogP contribution in [0.4, 0.5) is 0 Å². The fraction of sp³-hybridized carbons (Fsp3) is 0.929. The van der Waals surface area contributed by atoms with Gasteiger partial charge in [0.25, 0.3) is 0 Å². The van der Waals surface area contributed by atoms with E-state index in [0.29, 0.717) is 13.1 Å². The summed E-state index contributed by atoms with van der Waals surface area (Å²) in [5.41, 5.74) is 5.77. The van der Waals surface area contributed by atoms with Gasteiger partial charge < -0.3 is 15.8 Å². The maximum absolute atomic E-state index is 12.1. The largest absolute Gasteiger partial charge is 0.381 e. The van der Waals surface area contributed by atoms with Crippen molar-refractivity contribution in [3.63, 3.8) is 0 Å². The molecule has 3 N–H and O–H groups in total. The molecule has 1 heterocycles. The minimum absolute atomic E-state index is 0.0955. The molecule has 0 aromatic rings. The van der Waals surface area contributed by atoms with Gasteiger partial charge in [0.1, 0.15) is 0 Å². The fourth-order valence-electron chi connectivity index (χ4n) is 2.47. The Morgan fingerprint density at radius 3 is 2.53 bits per heavy atom. The summed E-state index contributed by atoms with van der Waals surface area (Å²) in [7, 11) is 0. The lowest BCUT2D eigenvalue weighted by Crippen LogP contribution is -2.55. The predicted octanol–water partition coefficient (Wildman–Crippen LogP) is 0.731. The number of rotatable bonds is 7. The van der Waals surface area contributed by atoms with Crippen molar-refractivity contribution in [1.82, 2.24) is 10.2 Å². The van der Waals surface area contributed by atoms with Crippen molar-refractivity contribution in [1.29, 1.82) is 0 Å². The number of carbonyl (C=O) groups excluding carboxylic acids is 1. The number of nitrogens with zero attached hydrogens (tertiary/aromatic N) is 1. The molecule has 1 saturated heterocycles. The summed E-state index contributed by atoms with van der Waals surface area (Å²) in [4.78, 5) is 14.3. The lowest BCUT2D eigenvalue weighted by Gasteiger charge is -2.39. The average molecular weight is 271 g/mol. The van der Waals surface area contributed by atoms with Crippen LogP contribution in [0.2, 0.25) is 0 Å². The number of carbonyl (C=O) groups is 1. The fourth-order valence-corrected chi connectivity index (χ4v) is 2.47. The van der Waals surface area contributed by atoms with Crippen molar-refractivity contribution < 1.29 is 9.53 Å². The summed E-state index contributed by atoms with van der Waals surface area (Å²) < 4.78 is 5.29. The van der Waals surface area contributed by atoms with Crippen LogP contribution in [0.5, 0.6) is 0 Å². The van der Waals surface area contributed by atoms with E-state index in [4.69, 9.17) is 10.5 Å². The van der Waals surface area contributed by atoms with Crippen molar-refractivity contribution >= 4 is 5.91 Å². The minimum atomic E-state index is -0.0955. The Bertz CT molecular complexity index is 274. The topological polar surface area (TPSA) is 67.6 Å². The van der Waals surface area contributed by atoms with Crippen molar-refractivity contribution in [2.45, 2.75) is 51.6 Å². The van der Waals surface area contributed by atoms with E-state index in [2.05, 4.69) is 31.0 Å². The maximum Gasteiger partial charge on any atom is 0.234 e. The third-order valence-corrected chi connectivity index (χ3v) is 4.27. The van der Waals surface area contributed by atoms with Gasteiger partial charge in [-0.25, -0.2) is 0 Å². The number of nitrogens with one attached hydrogen (secondary N) is 1. The second-order valence-electron chi connectivity index (χ2n) is 5.52. The second kappa shape index (κ2) is 7.82. The Hall–Kier alpha value is -0.650. The SMILES string of the molecule is CCN(CC(=O)NC1CCOCC1)C(C)(CC)CN. The van der Waals surface area contributed by atoms with Crippen LogP contribution in [0, 0.1) is 0 Å². The molecule has 0 aromatic heterocycles. The summed E-state index contributed by atoms with van der Waals surface area (Å²) in [6.45, 7) is 9.64. The molecule has 112 valence electrons. The van der Waals surface area contributed by atoms with Gasteiger partial charge in [0.2, 0.25) is 5.91 Å². The Morgan fingerprint density at radius 2 is 2.05 bits per heavy atom. The quantitative estimate of drug-likeness (QED) is 0.716. The van der Waals surface area contributed by atoms with Gasteiger partial charge in [0, 0.05) is 31.3 Å². The van der Waals surface area contributed by atoms with Gasteiger partial charge in [0.05, 0.1) is 6.54 Å². The lowest BCUT2D eigenvalue weighted by atomic mass is 9.96. The smallest absolute Gasteiger partial charge is 0.234 e. The van der Waals surface area contributed by atoms with Crippen LogP contribution in [0.15, 0.2) is 0 Å². The van der Waals surface area contributed by atoms with Gasteiger partial charge in [-0.3, -0.25) is 9.69 Å². The number of likely N-dealkylation sites (N-methyl/N-ethyl adjacent to an activating group) is 1. The summed E-state index contributed by atoms with van der Waals surface area (Å²) in [6, 6.07) is 0.269. The van der Waals surface area contributed by atoms with E-state index < -0.39 is 0 Å². The first-order valence-electron chi connectivity index (χ1n) is 7.38. The van der Waals surface area contributed by atoms with Crippen molar-refractivity contribution in [2.24, 2.45) is 5.73 Å². The van der Waals surface area contributed by atoms with E-state index in [0.717, 1.165) is 39.0 Å². The maximum atomic E-state index is 12.1. The first kappa shape index (κ1) is 16.4. The molecule has 5 heteroatoms. The second-order valence-corrected chi connectivity index (χ2v) is 5.52. The van der Waals surface area contributed by atoms with Crippen LogP contribution >= 0.6 is 0 Å². The zero-order valence-corrected chi connectivity index (χ0v) is 12.6. The van der Waals surface area contributed by atoms with Gasteiger partial charge in [-0.2, -0.15) is 0 Å². The lowest BCUT2D eigenvalue weighted by molar-refractivity contribution is -0.125. The highest BCUT2D eigenvalue weighted by Crippen LogP contribution is 2.17. The first-order chi connectivity index (χ1) is 9.05. The Morgan fingerprint density at radius 1 is 1.42 bits per heavy atom. The molecule has 5 nitrogen and oxygen atoms in total. The van der Waals surface area contributed by atoms with Crippen molar-refractivity contribution in [3.8, 4) is 0 Å². The molecule has 1 aliphatic rings. The van der Waals surface area contributed by atoms with Crippen molar-refractivity contribution in [3.05, 3.63) is 0 Å². The van der Waals surface area contributed by atoms with Gasteiger partial charge in [-0.1, -0.05) is 13.8 Å². The summed E-state index contributed by atoms with van der Waals surface area (Å²) in [6.07, 6.45) is 2.78. The Balaban J connectivity index is 2.48. The molecule has 1 amide bonds. The summed E-state index contributed by atoms with van der Waals surface area (Å²) in [5.74, 6) is 0.0990. The number of ether oxygens (including phenoxy) is 1. The highest BCUT2D eigenvalue weighted by atomic mass is 16.5. The number of hydrogen-bond donors (Lipinski definition) is 2. The summed E-state index contributed by atoms with van der Waals surface area (Å²) >= 11 is 0. The third-order valence-electron chi connectivity index (χ3n) is 4.27. The van der Waals surface area contributed by atoms with Gasteiger partial charge in [0.15, 0.2) is 0 Å². The molecule has 0 aliphatic carbocycles. The van der Waals surface area contributed by atoms with Crippen molar-refractivity contribution in [2.75, 3.05) is 32.8 Å². The molecule has 1 atom stereocenters. The molecule has 0 saturated carbocycles. The van der Waals surface area contributed by atoms with Gasteiger partial charge in [-0.05, 0) is 32.7 Å². The van der Waals surface area contributed by atoms with Gasteiger partial charge in [-0.15, -0.1) is 0 Å². The molecule has 0 radical (unpaired) electrons. The average Bonchev–Trinajstić information content (AvgIpc) is 2.45. The van der Waals surface area contributed by atoms with E-state index in [9.17, 15) is 4.79 Å². The Labute approximate surface area is 116 Å². The van der Waals surface area contributed by atoms with Crippen LogP contribution in [0.3, 0.4) is 0 Å². The zero-order chi connectivity index (χ0) is 14.3. The van der Waals surface area contributed by atoms with Crippen LogP contribution in [-0.2, 0) is 9.53 Å². The van der Waals surface area contributed by atoms with E-state index in [-0.39, 0.29) is 17.5 Å². The third kappa shape index (κ3) is 4.75. The van der Waals surface area contributed by atoms with Gasteiger partial charge >= 0.3 is 0 Å². The molecule has 0 spiro atoms. The highest BCUT2D eigenvalue weighted by molar-refractivity contribution is 5.78. The molecule has 1 fully saturated rings. The van der Waals surface area contributed by atoms with E-state index >= 15 is 0 Å². The zero-order valence-electron chi connectivity index (χ0n) is 12.6. The molecular formula is C14H29N3O2. The predicted molar refractivity (Wildman–Crippen MR) is 77.0 cm³/mol. The first-order valence-corrected chi connectivity index (χ1v) is 7.38. The van der Waals surface area contributed by atoms with E-state index in [1.54, 1.807) is 0 Å². The summed E-state index contributed by atoms with van der Waals surface area (Å²) in [5, 5.41) is 3.10. The molecule has 1 unspecified atom stereocenters. The molecule has 1 rings (SSSR count). The van der Waals surface area contributed by atoms with E-state index in [1.165, 1.54) is 0 Å². The van der Waals surface area contributed by atoms with Crippen LogP contribution < -0.4 is 11.1 Å².